The van der Waals surface area contributed by atoms with Crippen molar-refractivity contribution in [2.75, 3.05) is 11.6 Å². The quantitative estimate of drug-likeness (QED) is 0.856. The summed E-state index contributed by atoms with van der Waals surface area (Å²) in [5.74, 6) is 0.196. The van der Waals surface area contributed by atoms with Crippen LogP contribution in [0.3, 0.4) is 0 Å². The molecule has 1 aliphatic rings. The molecule has 0 radical (unpaired) electrons. The third-order valence-corrected chi connectivity index (χ3v) is 4.65. The smallest absolute Gasteiger partial charge is 0.267 e. The molecule has 1 aromatic carbocycles. The summed E-state index contributed by atoms with van der Waals surface area (Å²) in [7, 11) is 0. The molecular formula is C17H19N3O2S. The minimum absolute atomic E-state index is 0.245. The first-order chi connectivity index (χ1) is 11.1. The van der Waals surface area contributed by atoms with Crippen LogP contribution in [0.5, 0.6) is 0 Å². The Morgan fingerprint density at radius 3 is 2.83 bits per heavy atom. The number of amides is 1. The lowest BCUT2D eigenvalue weighted by atomic mass is 10.2. The molecule has 1 fully saturated rings. The third kappa shape index (κ3) is 3.64. The van der Waals surface area contributed by atoms with Gasteiger partial charge in [0.05, 0.1) is 5.69 Å². The van der Waals surface area contributed by atoms with E-state index in [4.69, 9.17) is 0 Å². The highest BCUT2D eigenvalue weighted by Gasteiger charge is 2.27. The first kappa shape index (κ1) is 15.8. The van der Waals surface area contributed by atoms with E-state index in [1.54, 1.807) is 24.8 Å². The summed E-state index contributed by atoms with van der Waals surface area (Å²) in [5, 5.41) is 7.22. The Morgan fingerprint density at radius 1 is 1.35 bits per heavy atom. The Hall–Kier alpha value is -2.08. The molecule has 0 saturated heterocycles. The van der Waals surface area contributed by atoms with Gasteiger partial charge < -0.3 is 5.32 Å². The van der Waals surface area contributed by atoms with Crippen molar-refractivity contribution in [2.45, 2.75) is 36.6 Å². The number of hydrogen-bond acceptors (Lipinski definition) is 4. The van der Waals surface area contributed by atoms with Crippen LogP contribution < -0.4 is 10.9 Å². The normalized spacial score (nSPS) is 15.2. The van der Waals surface area contributed by atoms with Gasteiger partial charge >= 0.3 is 0 Å². The molecule has 1 atom stereocenters. The number of nitrogens with zero attached hydrogens (tertiary/aromatic N) is 2. The summed E-state index contributed by atoms with van der Waals surface area (Å²) in [4.78, 5) is 25.5. The van der Waals surface area contributed by atoms with Gasteiger partial charge in [0.15, 0.2) is 0 Å². The zero-order chi connectivity index (χ0) is 16.4. The summed E-state index contributed by atoms with van der Waals surface area (Å²) in [6.45, 7) is 1.69. The highest BCUT2D eigenvalue weighted by atomic mass is 32.2. The number of rotatable bonds is 5. The zero-order valence-corrected chi connectivity index (χ0v) is 14.0. The van der Waals surface area contributed by atoms with Crippen LogP contribution in [0.25, 0.3) is 0 Å². The fourth-order valence-corrected chi connectivity index (χ4v) is 2.83. The van der Waals surface area contributed by atoms with Gasteiger partial charge in [-0.25, -0.2) is 4.68 Å². The Morgan fingerprint density at radius 2 is 2.13 bits per heavy atom. The van der Waals surface area contributed by atoms with Gasteiger partial charge in [0, 0.05) is 22.6 Å². The van der Waals surface area contributed by atoms with E-state index in [1.165, 1.54) is 10.7 Å². The topological polar surface area (TPSA) is 64.0 Å². The maximum absolute atomic E-state index is 12.4. The number of hydrogen-bond donors (Lipinski definition) is 1. The molecule has 5 nitrogen and oxygen atoms in total. The molecule has 120 valence electrons. The lowest BCUT2D eigenvalue weighted by Crippen LogP contribution is -2.33. The molecule has 1 unspecified atom stereocenters. The molecule has 0 aliphatic heterocycles. The Balaban J connectivity index is 1.79. The van der Waals surface area contributed by atoms with Crippen molar-refractivity contribution in [1.29, 1.82) is 0 Å². The van der Waals surface area contributed by atoms with Crippen molar-refractivity contribution in [3.05, 3.63) is 52.4 Å². The van der Waals surface area contributed by atoms with E-state index in [0.717, 1.165) is 29.1 Å². The molecule has 6 heteroatoms. The van der Waals surface area contributed by atoms with Gasteiger partial charge in [-0.15, -0.1) is 11.8 Å². The highest BCUT2D eigenvalue weighted by Crippen LogP contribution is 2.38. The average Bonchev–Trinajstić information content (AvgIpc) is 3.39. The minimum Gasteiger partial charge on any atom is -0.324 e. The van der Waals surface area contributed by atoms with Gasteiger partial charge in [0.1, 0.15) is 6.04 Å². The molecule has 1 N–H and O–H groups in total. The molecular weight excluding hydrogens is 310 g/mol. The molecule has 3 rings (SSSR count). The summed E-state index contributed by atoms with van der Waals surface area (Å²) >= 11 is 1.61. The molecule has 1 aliphatic carbocycles. The maximum Gasteiger partial charge on any atom is 0.267 e. The second-order valence-electron chi connectivity index (χ2n) is 5.71. The number of nitrogens with one attached hydrogen (secondary N) is 1. The summed E-state index contributed by atoms with van der Waals surface area (Å²) in [6, 6.07) is 10.2. The van der Waals surface area contributed by atoms with Crippen molar-refractivity contribution in [1.82, 2.24) is 9.78 Å². The first-order valence-electron chi connectivity index (χ1n) is 7.63. The lowest BCUT2D eigenvalue weighted by Gasteiger charge is -2.15. The number of anilines is 1. The fourth-order valence-electron chi connectivity index (χ4n) is 2.37. The molecule has 0 spiro atoms. The van der Waals surface area contributed by atoms with Gasteiger partial charge in [-0.3, -0.25) is 9.59 Å². The van der Waals surface area contributed by atoms with Crippen LogP contribution in [0.2, 0.25) is 0 Å². The monoisotopic (exact) mass is 329 g/mol. The first-order valence-corrected chi connectivity index (χ1v) is 8.85. The van der Waals surface area contributed by atoms with E-state index in [9.17, 15) is 9.59 Å². The maximum atomic E-state index is 12.4. The Bertz CT molecular complexity index is 783. The van der Waals surface area contributed by atoms with Crippen molar-refractivity contribution in [3.63, 3.8) is 0 Å². The summed E-state index contributed by atoms with van der Waals surface area (Å²) in [5.41, 5.74) is 1.36. The summed E-state index contributed by atoms with van der Waals surface area (Å²) in [6.07, 6.45) is 4.19. The Kier molecular flexibility index (Phi) is 4.52. The van der Waals surface area contributed by atoms with Crippen molar-refractivity contribution in [2.24, 2.45) is 0 Å². The highest BCUT2D eigenvalue weighted by molar-refractivity contribution is 7.98. The van der Waals surface area contributed by atoms with Crippen LogP contribution in [0.4, 0.5) is 5.69 Å². The largest absolute Gasteiger partial charge is 0.324 e. The number of carbonyl (C=O) groups is 1. The summed E-state index contributed by atoms with van der Waals surface area (Å²) < 4.78 is 1.28. The van der Waals surface area contributed by atoms with Gasteiger partial charge in [-0.2, -0.15) is 5.10 Å². The predicted molar refractivity (Wildman–Crippen MR) is 92.0 cm³/mol. The van der Waals surface area contributed by atoms with Crippen LogP contribution in [-0.4, -0.2) is 21.9 Å². The molecule has 1 aromatic heterocycles. The molecule has 1 saturated carbocycles. The number of benzene rings is 1. The van der Waals surface area contributed by atoms with E-state index in [0.29, 0.717) is 5.92 Å². The second-order valence-corrected chi connectivity index (χ2v) is 6.59. The molecule has 1 amide bonds. The van der Waals surface area contributed by atoms with Crippen molar-refractivity contribution < 1.29 is 4.79 Å². The molecule has 2 aromatic rings. The van der Waals surface area contributed by atoms with E-state index in [2.05, 4.69) is 10.4 Å². The van der Waals surface area contributed by atoms with Crippen LogP contribution >= 0.6 is 11.8 Å². The zero-order valence-electron chi connectivity index (χ0n) is 13.2. The fraction of sp³-hybridized carbons (Fsp3) is 0.353. The van der Waals surface area contributed by atoms with Gasteiger partial charge in [0.25, 0.3) is 5.56 Å². The van der Waals surface area contributed by atoms with Gasteiger partial charge in [-0.05, 0) is 50.3 Å². The van der Waals surface area contributed by atoms with Crippen LogP contribution in [0, 0.1) is 0 Å². The van der Waals surface area contributed by atoms with E-state index in [1.807, 2.05) is 30.5 Å². The van der Waals surface area contributed by atoms with Gasteiger partial charge in [-0.1, -0.05) is 6.07 Å². The van der Waals surface area contributed by atoms with Crippen LogP contribution in [0.1, 0.15) is 37.4 Å². The third-order valence-electron chi connectivity index (χ3n) is 3.92. The molecule has 1 heterocycles. The SMILES string of the molecule is CSc1cccc(NC(=O)C(C)n2nc(C3CC3)ccc2=O)c1. The Labute approximate surface area is 139 Å². The second kappa shape index (κ2) is 6.58. The number of carbonyl (C=O) groups excluding carboxylic acids is 1. The van der Waals surface area contributed by atoms with E-state index < -0.39 is 6.04 Å². The van der Waals surface area contributed by atoms with E-state index in [-0.39, 0.29) is 11.5 Å². The van der Waals surface area contributed by atoms with Crippen LogP contribution in [0.15, 0.2) is 46.1 Å². The van der Waals surface area contributed by atoms with Crippen LogP contribution in [-0.2, 0) is 4.79 Å². The standard InChI is InChI=1S/C17H19N3O2S/c1-11(17(22)18-13-4-3-5-14(10-13)23-2)20-16(21)9-8-15(19-20)12-6-7-12/h3-5,8-12H,6-7H2,1-2H3,(H,18,22). The van der Waals surface area contributed by atoms with E-state index >= 15 is 0 Å². The average molecular weight is 329 g/mol. The predicted octanol–water partition coefficient (Wildman–Crippen LogP) is 3.04. The van der Waals surface area contributed by atoms with Crippen molar-refractivity contribution >= 4 is 23.4 Å². The number of thioether (sulfide) groups is 1. The molecule has 0 bridgehead atoms. The number of aromatic nitrogens is 2. The van der Waals surface area contributed by atoms with Crippen molar-refractivity contribution in [3.8, 4) is 0 Å². The lowest BCUT2D eigenvalue weighted by molar-refractivity contribution is -0.119. The molecule has 23 heavy (non-hydrogen) atoms. The van der Waals surface area contributed by atoms with Gasteiger partial charge in [0.2, 0.25) is 5.91 Å². The minimum atomic E-state index is -0.654.